The molecule has 1 fully saturated rings. The molecule has 8 heteroatoms. The van der Waals surface area contributed by atoms with E-state index in [0.29, 0.717) is 17.6 Å². The van der Waals surface area contributed by atoms with Gasteiger partial charge in [-0.2, -0.15) is 18.2 Å². The predicted molar refractivity (Wildman–Crippen MR) is 82.7 cm³/mol. The molecule has 3 rings (SSSR count). The Morgan fingerprint density at radius 1 is 1.16 bits per heavy atom. The third kappa shape index (κ3) is 4.37. The van der Waals surface area contributed by atoms with Gasteiger partial charge in [0.15, 0.2) is 5.82 Å². The Hall–Kier alpha value is -2.38. The lowest BCUT2D eigenvalue weighted by Gasteiger charge is -2.17. The fourth-order valence-corrected chi connectivity index (χ4v) is 2.93. The summed E-state index contributed by atoms with van der Waals surface area (Å²) < 4.78 is 42.7. The van der Waals surface area contributed by atoms with E-state index < -0.39 is 17.6 Å². The van der Waals surface area contributed by atoms with Crippen LogP contribution in [0.4, 0.5) is 13.2 Å². The van der Waals surface area contributed by atoms with Crippen LogP contribution < -0.4 is 5.32 Å². The summed E-state index contributed by atoms with van der Waals surface area (Å²) in [6, 6.07) is 4.03. The van der Waals surface area contributed by atoms with Crippen molar-refractivity contribution in [1.29, 1.82) is 0 Å². The zero-order valence-electron chi connectivity index (χ0n) is 13.5. The second-order valence-electron chi connectivity index (χ2n) is 6.14. The van der Waals surface area contributed by atoms with Crippen LogP contribution >= 0.6 is 0 Å². The third-order valence-electron chi connectivity index (χ3n) is 4.33. The Kier molecular flexibility index (Phi) is 5.06. The second-order valence-corrected chi connectivity index (χ2v) is 6.14. The van der Waals surface area contributed by atoms with Crippen molar-refractivity contribution in [3.63, 3.8) is 0 Å². The molecule has 1 N–H and O–H groups in total. The van der Waals surface area contributed by atoms with Crippen molar-refractivity contribution in [3.8, 4) is 0 Å². The highest BCUT2D eigenvalue weighted by Gasteiger charge is 2.30. The average molecular weight is 353 g/mol. The molecular weight excluding hydrogens is 335 g/mol. The molecule has 0 atom stereocenters. The van der Waals surface area contributed by atoms with Crippen LogP contribution in [0.3, 0.4) is 0 Å². The fraction of sp³-hybridized carbons (Fsp3) is 0.471. The van der Waals surface area contributed by atoms with Gasteiger partial charge < -0.3 is 9.84 Å². The molecular formula is C17H18F3N3O2. The van der Waals surface area contributed by atoms with Gasteiger partial charge in [-0.3, -0.25) is 4.79 Å². The van der Waals surface area contributed by atoms with Crippen molar-refractivity contribution in [2.45, 2.75) is 50.7 Å². The number of rotatable bonds is 4. The zero-order valence-corrected chi connectivity index (χ0v) is 13.5. The smallest absolute Gasteiger partial charge is 0.343 e. The number of carbonyl (C=O) groups excluding carboxylic acids is 1. The first-order chi connectivity index (χ1) is 11.9. The van der Waals surface area contributed by atoms with E-state index in [-0.39, 0.29) is 12.1 Å². The van der Waals surface area contributed by atoms with Crippen LogP contribution in [0.15, 0.2) is 28.8 Å². The number of benzene rings is 1. The lowest BCUT2D eigenvalue weighted by molar-refractivity contribution is -0.137. The minimum Gasteiger partial charge on any atom is -0.343 e. The maximum atomic E-state index is 12.5. The number of hydrogen-bond acceptors (Lipinski definition) is 4. The zero-order chi connectivity index (χ0) is 17.9. The van der Waals surface area contributed by atoms with Gasteiger partial charge in [-0.25, -0.2) is 0 Å². The third-order valence-corrected chi connectivity index (χ3v) is 4.33. The highest BCUT2D eigenvalue weighted by molar-refractivity contribution is 5.94. The molecule has 0 bridgehead atoms. The summed E-state index contributed by atoms with van der Waals surface area (Å²) in [4.78, 5) is 16.3. The molecule has 1 aliphatic carbocycles. The monoisotopic (exact) mass is 353 g/mol. The number of hydrogen-bond donors (Lipinski definition) is 1. The number of nitrogens with one attached hydrogen (secondary N) is 1. The maximum absolute atomic E-state index is 12.5. The summed E-state index contributed by atoms with van der Waals surface area (Å²) >= 11 is 0. The Bertz CT molecular complexity index is 719. The quantitative estimate of drug-likeness (QED) is 0.900. The molecule has 0 radical (unpaired) electrons. The maximum Gasteiger partial charge on any atom is 0.416 e. The van der Waals surface area contributed by atoms with Crippen LogP contribution in [0, 0.1) is 0 Å². The van der Waals surface area contributed by atoms with Crippen LogP contribution in [0.5, 0.6) is 0 Å². The van der Waals surface area contributed by atoms with Gasteiger partial charge in [-0.05, 0) is 37.1 Å². The number of alkyl halides is 3. The summed E-state index contributed by atoms with van der Waals surface area (Å²) in [5.74, 6) is 0.766. The Morgan fingerprint density at radius 3 is 2.48 bits per heavy atom. The minimum absolute atomic E-state index is 0.0412. The number of nitrogens with zero attached hydrogens (tertiary/aromatic N) is 2. The van der Waals surface area contributed by atoms with E-state index in [1.807, 2.05) is 0 Å². The largest absolute Gasteiger partial charge is 0.416 e. The SMILES string of the molecule is O=C(NCc1nc(C2CCCCC2)no1)c1ccc(C(F)(F)F)cc1. The van der Waals surface area contributed by atoms with Crippen LogP contribution in [0.1, 0.15) is 65.7 Å². The molecule has 1 saturated carbocycles. The van der Waals surface area contributed by atoms with E-state index in [4.69, 9.17) is 4.52 Å². The summed E-state index contributed by atoms with van der Waals surface area (Å²) in [6.45, 7) is 0.0412. The molecule has 2 aromatic rings. The van der Waals surface area contributed by atoms with Gasteiger partial charge in [-0.1, -0.05) is 24.4 Å². The summed E-state index contributed by atoms with van der Waals surface area (Å²) in [5.41, 5.74) is -0.655. The van der Waals surface area contributed by atoms with E-state index in [1.54, 1.807) is 0 Å². The molecule has 0 saturated heterocycles. The van der Waals surface area contributed by atoms with Crippen molar-refractivity contribution < 1.29 is 22.5 Å². The molecule has 1 aliphatic rings. The van der Waals surface area contributed by atoms with Crippen LogP contribution in [0.25, 0.3) is 0 Å². The topological polar surface area (TPSA) is 68.0 Å². The highest BCUT2D eigenvalue weighted by atomic mass is 19.4. The molecule has 1 aromatic heterocycles. The number of aromatic nitrogens is 2. The fourth-order valence-electron chi connectivity index (χ4n) is 2.93. The van der Waals surface area contributed by atoms with Gasteiger partial charge in [-0.15, -0.1) is 0 Å². The lowest BCUT2D eigenvalue weighted by Crippen LogP contribution is -2.23. The first kappa shape index (κ1) is 17.4. The standard InChI is InChI=1S/C17H18F3N3O2/c18-17(19,20)13-8-6-12(7-9-13)16(24)21-10-14-22-15(23-25-14)11-4-2-1-3-5-11/h6-9,11H,1-5,10H2,(H,21,24). The van der Waals surface area contributed by atoms with Gasteiger partial charge in [0.05, 0.1) is 12.1 Å². The van der Waals surface area contributed by atoms with E-state index >= 15 is 0 Å². The molecule has 1 aromatic carbocycles. The molecule has 134 valence electrons. The van der Waals surface area contributed by atoms with Gasteiger partial charge in [0, 0.05) is 11.5 Å². The van der Waals surface area contributed by atoms with Crippen molar-refractivity contribution >= 4 is 5.91 Å². The molecule has 0 unspecified atom stereocenters. The van der Waals surface area contributed by atoms with E-state index in [0.717, 1.165) is 49.9 Å². The van der Waals surface area contributed by atoms with Gasteiger partial charge in [0.1, 0.15) is 0 Å². The minimum atomic E-state index is -4.42. The van der Waals surface area contributed by atoms with Crippen molar-refractivity contribution in [2.24, 2.45) is 0 Å². The first-order valence-corrected chi connectivity index (χ1v) is 8.21. The Labute approximate surface area is 142 Å². The number of amides is 1. The first-order valence-electron chi connectivity index (χ1n) is 8.21. The summed E-state index contributed by atoms with van der Waals surface area (Å²) in [5, 5.41) is 6.54. The number of carbonyl (C=O) groups is 1. The molecule has 1 heterocycles. The van der Waals surface area contributed by atoms with E-state index in [2.05, 4.69) is 15.5 Å². The molecule has 0 aliphatic heterocycles. The highest BCUT2D eigenvalue weighted by Crippen LogP contribution is 2.31. The normalized spacial score (nSPS) is 16.0. The second kappa shape index (κ2) is 7.25. The van der Waals surface area contributed by atoms with Crippen molar-refractivity contribution in [3.05, 3.63) is 47.1 Å². The molecule has 5 nitrogen and oxygen atoms in total. The van der Waals surface area contributed by atoms with Crippen molar-refractivity contribution in [1.82, 2.24) is 15.5 Å². The van der Waals surface area contributed by atoms with Gasteiger partial charge >= 0.3 is 6.18 Å². The molecule has 25 heavy (non-hydrogen) atoms. The molecule has 1 amide bonds. The van der Waals surface area contributed by atoms with Crippen LogP contribution in [-0.4, -0.2) is 16.0 Å². The Morgan fingerprint density at radius 2 is 1.84 bits per heavy atom. The van der Waals surface area contributed by atoms with Crippen LogP contribution in [0.2, 0.25) is 0 Å². The van der Waals surface area contributed by atoms with Crippen molar-refractivity contribution in [2.75, 3.05) is 0 Å². The summed E-state index contributed by atoms with van der Waals surface area (Å²) in [6.07, 6.45) is 1.19. The van der Waals surface area contributed by atoms with Gasteiger partial charge in [0.25, 0.3) is 5.91 Å². The number of halogens is 3. The Balaban J connectivity index is 1.56. The van der Waals surface area contributed by atoms with E-state index in [9.17, 15) is 18.0 Å². The summed E-state index contributed by atoms with van der Waals surface area (Å²) in [7, 11) is 0. The van der Waals surface area contributed by atoms with Gasteiger partial charge in [0.2, 0.25) is 5.89 Å². The molecule has 0 spiro atoms. The van der Waals surface area contributed by atoms with E-state index in [1.165, 1.54) is 6.42 Å². The average Bonchev–Trinajstić information content (AvgIpc) is 3.09. The lowest BCUT2D eigenvalue weighted by atomic mass is 9.89. The van der Waals surface area contributed by atoms with Crippen LogP contribution in [-0.2, 0) is 12.7 Å². The predicted octanol–water partition coefficient (Wildman–Crippen LogP) is 4.07.